The van der Waals surface area contributed by atoms with Gasteiger partial charge in [-0.1, -0.05) is 29.3 Å². The van der Waals surface area contributed by atoms with Crippen LogP contribution in [-0.4, -0.2) is 88.3 Å². The summed E-state index contributed by atoms with van der Waals surface area (Å²) in [6.45, 7) is -0.0385. The van der Waals surface area contributed by atoms with Crippen LogP contribution in [0.1, 0.15) is 32.2 Å². The van der Waals surface area contributed by atoms with Crippen molar-refractivity contribution in [2.24, 2.45) is 5.73 Å². The molecule has 2 aromatic heterocycles. The van der Waals surface area contributed by atoms with Crippen LogP contribution in [0.15, 0.2) is 42.6 Å². The summed E-state index contributed by atoms with van der Waals surface area (Å²) in [5.74, 6) is -1.72. The number of aromatic nitrogens is 3. The maximum absolute atomic E-state index is 12.8. The number of piperazine rings is 1. The van der Waals surface area contributed by atoms with Gasteiger partial charge in [0.15, 0.2) is 5.65 Å². The molecule has 1 aliphatic rings. The number of primary amides is 1. The van der Waals surface area contributed by atoms with Gasteiger partial charge in [0.2, 0.25) is 0 Å². The van der Waals surface area contributed by atoms with Gasteiger partial charge in [-0.3, -0.25) is 14.0 Å². The number of carbonyl (C=O) groups excluding carboxylic acids is 2. The normalized spacial score (nSPS) is 13.5. The van der Waals surface area contributed by atoms with E-state index < -0.39 is 36.3 Å². The van der Waals surface area contributed by atoms with E-state index in [1.54, 1.807) is 41.7 Å². The second kappa shape index (κ2) is 13.4. The molecule has 0 spiro atoms. The van der Waals surface area contributed by atoms with Crippen molar-refractivity contribution in [3.8, 4) is 5.75 Å². The lowest BCUT2D eigenvalue weighted by molar-refractivity contribution is -0.123. The smallest absolute Gasteiger partial charge is 0.407 e. The number of carbonyl (C=O) groups is 3. The first-order valence-electron chi connectivity index (χ1n) is 13.9. The summed E-state index contributed by atoms with van der Waals surface area (Å²) in [6.07, 6.45) is -4.55. The largest absolute Gasteiger partial charge is 0.494 e. The fraction of sp³-hybridized carbons (Fsp3) is 0.276. The zero-order valence-corrected chi connectivity index (χ0v) is 26.1. The summed E-state index contributed by atoms with van der Waals surface area (Å²) in [7, 11) is 1.43. The first-order chi connectivity index (χ1) is 22.3. The van der Waals surface area contributed by atoms with E-state index in [4.69, 9.17) is 33.7 Å². The highest BCUT2D eigenvalue weighted by molar-refractivity contribution is 6.36. The van der Waals surface area contributed by atoms with E-state index in [0.717, 1.165) is 11.9 Å². The lowest BCUT2D eigenvalue weighted by Gasteiger charge is -2.34. The van der Waals surface area contributed by atoms with Gasteiger partial charge in [-0.05, 0) is 29.8 Å². The van der Waals surface area contributed by atoms with E-state index in [0.29, 0.717) is 53.2 Å². The van der Waals surface area contributed by atoms with Crippen molar-refractivity contribution < 1.29 is 37.4 Å². The third-order valence-electron chi connectivity index (χ3n) is 7.36. The Bertz CT molecular complexity index is 1840. The second-order valence-electron chi connectivity index (χ2n) is 10.4. The molecule has 0 bridgehead atoms. The highest BCUT2D eigenvalue weighted by atomic mass is 35.5. The van der Waals surface area contributed by atoms with Crippen LogP contribution in [0.2, 0.25) is 10.0 Å². The molecule has 5 rings (SSSR count). The van der Waals surface area contributed by atoms with Crippen LogP contribution < -0.4 is 26.0 Å². The lowest BCUT2D eigenvalue weighted by Crippen LogP contribution is -2.48. The van der Waals surface area contributed by atoms with Crippen LogP contribution in [0.25, 0.3) is 5.65 Å². The van der Waals surface area contributed by atoms with Gasteiger partial charge < -0.3 is 36.0 Å². The minimum Gasteiger partial charge on any atom is -0.494 e. The number of ether oxygens (including phenoxy) is 1. The van der Waals surface area contributed by atoms with E-state index >= 15 is 0 Å². The van der Waals surface area contributed by atoms with Crippen molar-refractivity contribution in [1.29, 1.82) is 0 Å². The Labute approximate surface area is 275 Å². The number of benzene rings is 2. The minimum atomic E-state index is -4.67. The molecule has 0 aliphatic carbocycles. The van der Waals surface area contributed by atoms with Gasteiger partial charge >= 0.3 is 12.3 Å². The molecule has 5 N–H and O–H groups in total. The molecule has 0 atom stereocenters. The Balaban J connectivity index is 1.57. The standard InChI is InChI=1S/C29H27Cl2F3N8O5/c1-47-21-11-15(40-7-9-41(10-8-40)28(45)46)5-6-19(21)37-25-23(24(35)43)26-38-20(27(44)36-14-29(32,33)34)13-42(26)22(39-25)12-16-17(30)3-2-4-18(16)31/h2-6,11,13,37H,7-10,12,14H2,1H3,(H2,35,43)(H,36,44)(H,45,46). The van der Waals surface area contributed by atoms with Crippen molar-refractivity contribution in [1.82, 2.24) is 24.6 Å². The molecular formula is C29H27Cl2F3N8O5. The molecule has 4 aromatic rings. The number of alkyl halides is 3. The van der Waals surface area contributed by atoms with Gasteiger partial charge in [0.1, 0.15) is 35.2 Å². The number of rotatable bonds is 9. The molecule has 0 saturated carbocycles. The highest BCUT2D eigenvalue weighted by Crippen LogP contribution is 2.35. The van der Waals surface area contributed by atoms with Gasteiger partial charge in [0.25, 0.3) is 11.8 Å². The van der Waals surface area contributed by atoms with E-state index in [9.17, 15) is 32.7 Å². The monoisotopic (exact) mass is 694 g/mol. The van der Waals surface area contributed by atoms with E-state index in [1.165, 1.54) is 16.4 Å². The van der Waals surface area contributed by atoms with Gasteiger partial charge in [-0.15, -0.1) is 0 Å². The number of hydrogen-bond acceptors (Lipinski definition) is 8. The fourth-order valence-corrected chi connectivity index (χ4v) is 5.57. The third kappa shape index (κ3) is 7.38. The molecule has 3 amide bonds. The van der Waals surface area contributed by atoms with Crippen LogP contribution in [0, 0.1) is 0 Å². The van der Waals surface area contributed by atoms with Crippen LogP contribution in [0.5, 0.6) is 5.75 Å². The quantitative estimate of drug-likeness (QED) is 0.196. The summed E-state index contributed by atoms with van der Waals surface area (Å²) in [5.41, 5.74) is 6.49. The van der Waals surface area contributed by atoms with Crippen molar-refractivity contribution in [3.63, 3.8) is 0 Å². The number of amides is 3. The number of fused-ring (bicyclic) bond motifs is 1. The number of nitrogens with zero attached hydrogens (tertiary/aromatic N) is 5. The average Bonchev–Trinajstić information content (AvgIpc) is 3.47. The van der Waals surface area contributed by atoms with Crippen LogP contribution in [0.3, 0.4) is 0 Å². The third-order valence-corrected chi connectivity index (χ3v) is 8.07. The van der Waals surface area contributed by atoms with Gasteiger partial charge in [0.05, 0.1) is 12.8 Å². The molecule has 18 heteroatoms. The van der Waals surface area contributed by atoms with Gasteiger partial charge in [-0.2, -0.15) is 13.2 Å². The molecule has 3 heterocycles. The van der Waals surface area contributed by atoms with Crippen molar-refractivity contribution >= 4 is 63.9 Å². The number of anilines is 3. The van der Waals surface area contributed by atoms with Gasteiger partial charge in [0, 0.05) is 60.6 Å². The minimum absolute atomic E-state index is 0.0406. The van der Waals surface area contributed by atoms with Crippen LogP contribution in [-0.2, 0) is 6.42 Å². The zero-order chi connectivity index (χ0) is 34.0. The van der Waals surface area contributed by atoms with Crippen molar-refractivity contribution in [2.75, 3.05) is 50.1 Å². The number of methoxy groups -OCH3 is 1. The molecule has 1 saturated heterocycles. The SMILES string of the molecule is COc1cc(N2CCN(C(=O)O)CC2)ccc1Nc1nc(Cc2c(Cl)cccc2Cl)n2cc(C(=O)NCC(F)(F)F)nc2c1C(N)=O. The molecule has 248 valence electrons. The fourth-order valence-electron chi connectivity index (χ4n) is 5.04. The Morgan fingerprint density at radius 1 is 1.06 bits per heavy atom. The van der Waals surface area contributed by atoms with Crippen LogP contribution >= 0.6 is 23.2 Å². The summed E-state index contributed by atoms with van der Waals surface area (Å²) in [4.78, 5) is 48.9. The Morgan fingerprint density at radius 2 is 1.74 bits per heavy atom. The van der Waals surface area contributed by atoms with Crippen molar-refractivity contribution in [3.05, 3.63) is 75.3 Å². The van der Waals surface area contributed by atoms with E-state index in [2.05, 4.69) is 15.3 Å². The van der Waals surface area contributed by atoms with E-state index in [1.807, 2.05) is 4.90 Å². The maximum atomic E-state index is 12.8. The van der Waals surface area contributed by atoms with Crippen molar-refractivity contribution in [2.45, 2.75) is 12.6 Å². The number of halogens is 5. The first kappa shape index (κ1) is 33.4. The maximum Gasteiger partial charge on any atom is 0.407 e. The summed E-state index contributed by atoms with van der Waals surface area (Å²) < 4.78 is 45.3. The summed E-state index contributed by atoms with van der Waals surface area (Å²) >= 11 is 12.8. The predicted octanol–water partition coefficient (Wildman–Crippen LogP) is 4.57. The topological polar surface area (TPSA) is 167 Å². The molecule has 2 aromatic carbocycles. The van der Waals surface area contributed by atoms with Gasteiger partial charge in [-0.25, -0.2) is 14.8 Å². The Kier molecular flexibility index (Phi) is 9.53. The molecule has 1 fully saturated rings. The molecule has 13 nitrogen and oxygen atoms in total. The molecule has 1 aliphatic heterocycles. The predicted molar refractivity (Wildman–Crippen MR) is 167 cm³/mol. The molecule has 0 unspecified atom stereocenters. The molecule has 47 heavy (non-hydrogen) atoms. The highest BCUT2D eigenvalue weighted by Gasteiger charge is 2.30. The molecule has 0 radical (unpaired) electrons. The number of nitrogens with two attached hydrogens (primary N) is 1. The second-order valence-corrected chi connectivity index (χ2v) is 11.2. The number of nitrogens with one attached hydrogen (secondary N) is 2. The zero-order valence-electron chi connectivity index (χ0n) is 24.6. The Morgan fingerprint density at radius 3 is 2.34 bits per heavy atom. The average molecular weight is 695 g/mol. The Hall–Kier alpha value is -4.96. The number of hydrogen-bond donors (Lipinski definition) is 4. The first-order valence-corrected chi connectivity index (χ1v) is 14.7. The number of imidazole rings is 1. The summed E-state index contributed by atoms with van der Waals surface area (Å²) in [5, 5.41) is 14.7. The van der Waals surface area contributed by atoms with Crippen LogP contribution in [0.4, 0.5) is 35.2 Å². The molecular weight excluding hydrogens is 668 g/mol. The summed E-state index contributed by atoms with van der Waals surface area (Å²) in [6, 6.07) is 10.0. The number of carboxylic acid groups (broad SMARTS) is 1. The lowest BCUT2D eigenvalue weighted by atomic mass is 10.1. The van der Waals surface area contributed by atoms with E-state index in [-0.39, 0.29) is 29.3 Å².